The molecular weight excluding hydrogens is 111 g/mol. The van der Waals surface area contributed by atoms with Crippen LogP contribution in [-0.2, 0) is 9.53 Å². The first-order chi connectivity index (χ1) is 3.66. The molecule has 0 aromatic carbocycles. The lowest BCUT2D eigenvalue weighted by atomic mass is 10.6. The second-order valence-corrected chi connectivity index (χ2v) is 1.18. The van der Waals surface area contributed by atoms with Crippen LogP contribution < -0.4 is 0 Å². The van der Waals surface area contributed by atoms with E-state index in [4.69, 9.17) is 0 Å². The van der Waals surface area contributed by atoms with Crippen molar-refractivity contribution in [1.82, 2.24) is 0 Å². The number of rotatable bonds is 2. The van der Waals surface area contributed by atoms with Gasteiger partial charge in [0.25, 0.3) is 0 Å². The van der Waals surface area contributed by atoms with Crippen molar-refractivity contribution in [1.29, 1.82) is 0 Å². The predicted molar refractivity (Wildman–Crippen MR) is 26.9 cm³/mol. The summed E-state index contributed by atoms with van der Waals surface area (Å²) in [6.45, 7) is 4.20. The molecule has 0 spiro atoms. The second kappa shape index (κ2) is 3.18. The molecule has 0 heterocycles. The molecule has 0 N–H and O–H groups in total. The average molecular weight is 118 g/mol. The number of hydrogen-bond donors (Lipinski definition) is 0. The number of carbonyl (C=O) groups excluding carboxylic acids is 1. The fourth-order valence-electron chi connectivity index (χ4n) is 0.208. The van der Waals surface area contributed by atoms with Gasteiger partial charge in [-0.25, -0.2) is 9.18 Å². The molecule has 0 aliphatic carbocycles. The number of hydrogen-bond acceptors (Lipinski definition) is 2. The Bertz CT molecular complexity index is 98.6. The van der Waals surface area contributed by atoms with Gasteiger partial charge in [0.2, 0.25) is 6.36 Å². The Morgan fingerprint density at radius 3 is 2.62 bits per heavy atom. The molecule has 0 rings (SSSR count). The van der Waals surface area contributed by atoms with Gasteiger partial charge in [-0.05, 0) is 0 Å². The molecule has 0 aliphatic rings. The highest BCUT2D eigenvalue weighted by atomic mass is 19.1. The Labute approximate surface area is 47.0 Å². The van der Waals surface area contributed by atoms with Crippen LogP contribution in [0.1, 0.15) is 6.92 Å². The lowest BCUT2D eigenvalue weighted by molar-refractivity contribution is -0.149. The summed E-state index contributed by atoms with van der Waals surface area (Å²) >= 11 is 0. The zero-order valence-electron chi connectivity index (χ0n) is 4.56. The molecule has 0 saturated carbocycles. The van der Waals surface area contributed by atoms with Gasteiger partial charge in [-0.1, -0.05) is 6.58 Å². The largest absolute Gasteiger partial charge is 0.428 e. The molecule has 0 aliphatic heterocycles. The minimum absolute atomic E-state index is 0.736. The molecule has 46 valence electrons. The van der Waals surface area contributed by atoms with Crippen molar-refractivity contribution in [3.63, 3.8) is 0 Å². The van der Waals surface area contributed by atoms with Crippen molar-refractivity contribution in [2.24, 2.45) is 0 Å². The monoisotopic (exact) mass is 118 g/mol. The van der Waals surface area contributed by atoms with Crippen LogP contribution in [0.25, 0.3) is 0 Å². The quantitative estimate of drug-likeness (QED) is 0.400. The van der Waals surface area contributed by atoms with Crippen molar-refractivity contribution < 1.29 is 13.9 Å². The highest BCUT2D eigenvalue weighted by molar-refractivity contribution is 5.81. The zero-order valence-corrected chi connectivity index (χ0v) is 4.56. The van der Waals surface area contributed by atoms with Gasteiger partial charge in [-0.15, -0.1) is 0 Å². The molecule has 0 aromatic heterocycles. The molecule has 0 aromatic rings. The SMILES string of the molecule is C=CC(=O)OC(C)F. The summed E-state index contributed by atoms with van der Waals surface area (Å²) in [6, 6.07) is 0. The summed E-state index contributed by atoms with van der Waals surface area (Å²) in [5.41, 5.74) is 0. The van der Waals surface area contributed by atoms with Gasteiger partial charge in [-0.2, -0.15) is 0 Å². The van der Waals surface area contributed by atoms with E-state index < -0.39 is 12.3 Å². The maximum absolute atomic E-state index is 11.6. The van der Waals surface area contributed by atoms with Crippen LogP contribution in [0.3, 0.4) is 0 Å². The van der Waals surface area contributed by atoms with Crippen LogP contribution in [-0.4, -0.2) is 12.3 Å². The van der Waals surface area contributed by atoms with Crippen molar-refractivity contribution in [3.8, 4) is 0 Å². The molecule has 3 heteroatoms. The summed E-state index contributed by atoms with van der Waals surface area (Å²) in [5.74, 6) is -0.736. The highest BCUT2D eigenvalue weighted by Gasteiger charge is 2.00. The third-order valence-corrected chi connectivity index (χ3v) is 0.445. The van der Waals surface area contributed by atoms with Crippen LogP contribution in [0.2, 0.25) is 0 Å². The summed E-state index contributed by atoms with van der Waals surface area (Å²) in [4.78, 5) is 10.0. The van der Waals surface area contributed by atoms with E-state index >= 15 is 0 Å². The van der Waals surface area contributed by atoms with E-state index in [0.717, 1.165) is 13.0 Å². The summed E-state index contributed by atoms with van der Waals surface area (Å²) in [5, 5.41) is 0. The first-order valence-corrected chi connectivity index (χ1v) is 2.14. The number of alkyl halides is 1. The first-order valence-electron chi connectivity index (χ1n) is 2.14. The van der Waals surface area contributed by atoms with Gasteiger partial charge in [0.15, 0.2) is 0 Å². The molecule has 2 nitrogen and oxygen atoms in total. The smallest absolute Gasteiger partial charge is 0.332 e. The van der Waals surface area contributed by atoms with Crippen molar-refractivity contribution in [3.05, 3.63) is 12.7 Å². The van der Waals surface area contributed by atoms with Crippen molar-refractivity contribution in [2.75, 3.05) is 0 Å². The Morgan fingerprint density at radius 2 is 2.50 bits per heavy atom. The molecular formula is C5H7FO2. The van der Waals surface area contributed by atoms with Crippen LogP contribution in [0.4, 0.5) is 4.39 Å². The zero-order chi connectivity index (χ0) is 6.57. The van der Waals surface area contributed by atoms with Gasteiger partial charge in [-0.3, -0.25) is 0 Å². The van der Waals surface area contributed by atoms with Crippen LogP contribution in [0.5, 0.6) is 0 Å². The van der Waals surface area contributed by atoms with Gasteiger partial charge < -0.3 is 4.74 Å². The van der Waals surface area contributed by atoms with E-state index in [1.165, 1.54) is 0 Å². The predicted octanol–water partition coefficient (Wildman–Crippen LogP) is 1.03. The molecule has 8 heavy (non-hydrogen) atoms. The lowest BCUT2D eigenvalue weighted by Crippen LogP contribution is -2.06. The normalized spacial score (nSPS) is 12.2. The lowest BCUT2D eigenvalue weighted by Gasteiger charge is -1.98. The maximum Gasteiger partial charge on any atom is 0.332 e. The fourth-order valence-corrected chi connectivity index (χ4v) is 0.208. The van der Waals surface area contributed by atoms with Crippen LogP contribution in [0.15, 0.2) is 12.7 Å². The Hall–Kier alpha value is -0.860. The van der Waals surface area contributed by atoms with E-state index in [1.807, 2.05) is 0 Å². The highest BCUT2D eigenvalue weighted by Crippen LogP contribution is 1.90. The topological polar surface area (TPSA) is 26.3 Å². The number of carbonyl (C=O) groups is 1. The average Bonchev–Trinajstić information content (AvgIpc) is 1.65. The first kappa shape index (κ1) is 7.14. The van der Waals surface area contributed by atoms with Crippen molar-refractivity contribution in [2.45, 2.75) is 13.3 Å². The maximum atomic E-state index is 11.6. The third-order valence-electron chi connectivity index (χ3n) is 0.445. The molecule has 0 fully saturated rings. The number of halogens is 1. The summed E-state index contributed by atoms with van der Waals surface area (Å²) < 4.78 is 15.6. The molecule has 0 bridgehead atoms. The molecule has 0 saturated heterocycles. The summed E-state index contributed by atoms with van der Waals surface area (Å²) in [7, 11) is 0. The number of esters is 1. The van der Waals surface area contributed by atoms with Crippen LogP contribution in [0, 0.1) is 0 Å². The Kier molecular flexibility index (Phi) is 2.84. The third kappa shape index (κ3) is 3.33. The molecule has 1 atom stereocenters. The van der Waals surface area contributed by atoms with Gasteiger partial charge in [0.1, 0.15) is 0 Å². The summed E-state index contributed by atoms with van der Waals surface area (Å²) in [6.07, 6.45) is -0.628. The van der Waals surface area contributed by atoms with E-state index in [1.54, 1.807) is 0 Å². The second-order valence-electron chi connectivity index (χ2n) is 1.18. The van der Waals surface area contributed by atoms with E-state index in [0.29, 0.717) is 0 Å². The Balaban J connectivity index is 3.39. The molecule has 1 unspecified atom stereocenters. The van der Waals surface area contributed by atoms with Gasteiger partial charge in [0, 0.05) is 13.0 Å². The van der Waals surface area contributed by atoms with Gasteiger partial charge >= 0.3 is 5.97 Å². The van der Waals surface area contributed by atoms with Crippen molar-refractivity contribution >= 4 is 5.97 Å². The Morgan fingerprint density at radius 1 is 2.00 bits per heavy atom. The van der Waals surface area contributed by atoms with E-state index in [9.17, 15) is 9.18 Å². The van der Waals surface area contributed by atoms with E-state index in [2.05, 4.69) is 11.3 Å². The fraction of sp³-hybridized carbons (Fsp3) is 0.400. The molecule has 0 amide bonds. The van der Waals surface area contributed by atoms with Crippen LogP contribution >= 0.6 is 0 Å². The van der Waals surface area contributed by atoms with Gasteiger partial charge in [0.05, 0.1) is 0 Å². The minimum Gasteiger partial charge on any atom is -0.428 e. The number of ether oxygens (including phenoxy) is 1. The molecule has 0 radical (unpaired) electrons. The standard InChI is InChI=1S/C5H7FO2/c1-3-5(7)8-4(2)6/h3-4H,1H2,2H3. The minimum atomic E-state index is -1.54. The van der Waals surface area contributed by atoms with E-state index in [-0.39, 0.29) is 0 Å².